The van der Waals surface area contributed by atoms with Gasteiger partial charge in [0.1, 0.15) is 12.2 Å². The quantitative estimate of drug-likeness (QED) is 0.681. The van der Waals surface area contributed by atoms with Crippen LogP contribution in [0.1, 0.15) is 38.4 Å². The van der Waals surface area contributed by atoms with Crippen LogP contribution in [0.5, 0.6) is 0 Å². The van der Waals surface area contributed by atoms with E-state index in [4.69, 9.17) is 21.1 Å². The normalized spacial score (nSPS) is 16.1. The van der Waals surface area contributed by atoms with Crippen LogP contribution in [0.4, 0.5) is 9.59 Å². The first kappa shape index (κ1) is 22.8. The zero-order valence-corrected chi connectivity index (χ0v) is 18.7. The van der Waals surface area contributed by atoms with Crippen LogP contribution in [0, 0.1) is 0 Å². The lowest BCUT2D eigenvalue weighted by Crippen LogP contribution is -2.43. The van der Waals surface area contributed by atoms with Crippen molar-refractivity contribution in [2.24, 2.45) is 0 Å². The standard InChI is InChI=1S/C22H27ClN4O4/c1-22(2,3)31-20(28)26-12-11-18(14-26)27(13-17-9-10-19(23)25-24-17)21(29)30-15-16-7-5-4-6-8-16/h4-10,18H,11-15H2,1-3H3. The highest BCUT2D eigenvalue weighted by atomic mass is 35.5. The van der Waals surface area contributed by atoms with Crippen molar-refractivity contribution in [1.29, 1.82) is 0 Å². The molecule has 2 heterocycles. The van der Waals surface area contributed by atoms with Gasteiger partial charge in [0.05, 0.1) is 18.3 Å². The molecular formula is C22H27ClN4O4. The summed E-state index contributed by atoms with van der Waals surface area (Å²) in [6.45, 7) is 6.68. The Bertz CT molecular complexity index is 887. The molecule has 2 amide bonds. The molecule has 3 rings (SSSR count). The van der Waals surface area contributed by atoms with E-state index in [9.17, 15) is 9.59 Å². The number of nitrogens with zero attached hydrogens (tertiary/aromatic N) is 4. The Balaban J connectivity index is 1.70. The number of rotatable bonds is 5. The number of ether oxygens (including phenoxy) is 2. The van der Waals surface area contributed by atoms with E-state index in [0.29, 0.717) is 25.2 Å². The molecule has 2 aromatic rings. The van der Waals surface area contributed by atoms with Gasteiger partial charge in [-0.2, -0.15) is 5.10 Å². The number of carbonyl (C=O) groups excluding carboxylic acids is 2. The van der Waals surface area contributed by atoms with Gasteiger partial charge >= 0.3 is 12.2 Å². The molecule has 0 spiro atoms. The zero-order valence-electron chi connectivity index (χ0n) is 18.0. The molecule has 9 heteroatoms. The third kappa shape index (κ3) is 6.82. The number of likely N-dealkylation sites (tertiary alicyclic amines) is 1. The van der Waals surface area contributed by atoms with E-state index in [0.717, 1.165) is 5.56 Å². The van der Waals surface area contributed by atoms with Crippen molar-refractivity contribution in [3.05, 3.63) is 58.9 Å². The van der Waals surface area contributed by atoms with Gasteiger partial charge in [0.25, 0.3) is 0 Å². The van der Waals surface area contributed by atoms with Crippen LogP contribution in [0.2, 0.25) is 5.15 Å². The van der Waals surface area contributed by atoms with Crippen LogP contribution < -0.4 is 0 Å². The summed E-state index contributed by atoms with van der Waals surface area (Å²) >= 11 is 5.83. The van der Waals surface area contributed by atoms with Crippen molar-refractivity contribution in [2.45, 2.75) is 52.0 Å². The second-order valence-electron chi connectivity index (χ2n) is 8.38. The zero-order chi connectivity index (χ0) is 22.4. The Morgan fingerprint density at radius 3 is 2.55 bits per heavy atom. The molecule has 0 aliphatic carbocycles. The maximum Gasteiger partial charge on any atom is 0.410 e. The maximum absolute atomic E-state index is 13.0. The fourth-order valence-electron chi connectivity index (χ4n) is 3.24. The van der Waals surface area contributed by atoms with Crippen molar-refractivity contribution in [1.82, 2.24) is 20.0 Å². The second-order valence-corrected chi connectivity index (χ2v) is 8.77. The molecule has 1 aromatic heterocycles. The van der Waals surface area contributed by atoms with Gasteiger partial charge in [-0.05, 0) is 44.9 Å². The minimum atomic E-state index is -0.581. The first-order chi connectivity index (χ1) is 14.7. The van der Waals surface area contributed by atoms with E-state index in [1.54, 1.807) is 21.9 Å². The molecule has 1 aromatic carbocycles. The van der Waals surface area contributed by atoms with E-state index < -0.39 is 11.7 Å². The summed E-state index contributed by atoms with van der Waals surface area (Å²) in [6.07, 6.45) is -0.253. The van der Waals surface area contributed by atoms with Crippen LogP contribution >= 0.6 is 11.6 Å². The van der Waals surface area contributed by atoms with Crippen LogP contribution in [-0.2, 0) is 22.6 Å². The summed E-state index contributed by atoms with van der Waals surface area (Å²) in [5.74, 6) is 0. The molecule has 1 aliphatic heterocycles. The highest BCUT2D eigenvalue weighted by molar-refractivity contribution is 6.29. The summed E-state index contributed by atoms with van der Waals surface area (Å²) in [4.78, 5) is 28.6. The van der Waals surface area contributed by atoms with Gasteiger partial charge < -0.3 is 14.4 Å². The Hall–Kier alpha value is -2.87. The van der Waals surface area contributed by atoms with Gasteiger partial charge in [0.2, 0.25) is 0 Å². The van der Waals surface area contributed by atoms with Gasteiger partial charge in [0.15, 0.2) is 5.15 Å². The first-order valence-corrected chi connectivity index (χ1v) is 10.5. The average Bonchev–Trinajstić information content (AvgIpc) is 3.21. The molecule has 0 N–H and O–H groups in total. The van der Waals surface area contributed by atoms with Crippen molar-refractivity contribution in [2.75, 3.05) is 13.1 Å². The van der Waals surface area contributed by atoms with Crippen molar-refractivity contribution in [3.8, 4) is 0 Å². The topological polar surface area (TPSA) is 84.9 Å². The lowest BCUT2D eigenvalue weighted by molar-refractivity contribution is 0.0270. The van der Waals surface area contributed by atoms with E-state index in [-0.39, 0.29) is 30.4 Å². The Kier molecular flexibility index (Phi) is 7.33. The van der Waals surface area contributed by atoms with E-state index >= 15 is 0 Å². The molecule has 0 saturated carbocycles. The SMILES string of the molecule is CC(C)(C)OC(=O)N1CCC(N(Cc2ccc(Cl)nn2)C(=O)OCc2ccccc2)C1. The lowest BCUT2D eigenvalue weighted by atomic mass is 10.2. The molecule has 1 fully saturated rings. The number of amides is 2. The number of hydrogen-bond donors (Lipinski definition) is 0. The van der Waals surface area contributed by atoms with Crippen molar-refractivity contribution >= 4 is 23.8 Å². The molecule has 0 bridgehead atoms. The smallest absolute Gasteiger partial charge is 0.410 e. The van der Waals surface area contributed by atoms with E-state index in [1.807, 2.05) is 51.1 Å². The Morgan fingerprint density at radius 2 is 1.90 bits per heavy atom. The fraction of sp³-hybridized carbons (Fsp3) is 0.455. The summed E-state index contributed by atoms with van der Waals surface area (Å²) in [7, 11) is 0. The van der Waals surface area contributed by atoms with Crippen LogP contribution in [0.3, 0.4) is 0 Å². The Labute approximate surface area is 187 Å². The Morgan fingerprint density at radius 1 is 1.16 bits per heavy atom. The first-order valence-electron chi connectivity index (χ1n) is 10.1. The van der Waals surface area contributed by atoms with Gasteiger partial charge in [0, 0.05) is 13.1 Å². The van der Waals surface area contributed by atoms with Gasteiger partial charge in [-0.25, -0.2) is 9.59 Å². The number of aromatic nitrogens is 2. The molecule has 1 unspecified atom stereocenters. The number of hydrogen-bond acceptors (Lipinski definition) is 6. The van der Waals surface area contributed by atoms with E-state index in [2.05, 4.69) is 10.2 Å². The van der Waals surface area contributed by atoms with Gasteiger partial charge in [-0.3, -0.25) is 4.90 Å². The maximum atomic E-state index is 13.0. The largest absolute Gasteiger partial charge is 0.445 e. The molecular weight excluding hydrogens is 420 g/mol. The molecule has 0 radical (unpaired) electrons. The molecule has 1 saturated heterocycles. The van der Waals surface area contributed by atoms with E-state index in [1.165, 1.54) is 0 Å². The summed E-state index contributed by atoms with van der Waals surface area (Å²) < 4.78 is 11.0. The summed E-state index contributed by atoms with van der Waals surface area (Å²) in [5, 5.41) is 8.18. The van der Waals surface area contributed by atoms with Crippen LogP contribution in [0.25, 0.3) is 0 Å². The molecule has 8 nitrogen and oxygen atoms in total. The molecule has 1 aliphatic rings. The number of carbonyl (C=O) groups is 2. The molecule has 1 atom stereocenters. The number of halogens is 1. The van der Waals surface area contributed by atoms with Crippen LogP contribution in [-0.4, -0.2) is 56.9 Å². The van der Waals surface area contributed by atoms with Crippen molar-refractivity contribution < 1.29 is 19.1 Å². The molecule has 166 valence electrons. The second kappa shape index (κ2) is 9.96. The minimum absolute atomic E-state index is 0.158. The van der Waals surface area contributed by atoms with Crippen molar-refractivity contribution in [3.63, 3.8) is 0 Å². The fourth-order valence-corrected chi connectivity index (χ4v) is 3.34. The van der Waals surface area contributed by atoms with Crippen LogP contribution in [0.15, 0.2) is 42.5 Å². The highest BCUT2D eigenvalue weighted by Gasteiger charge is 2.35. The molecule has 31 heavy (non-hydrogen) atoms. The highest BCUT2D eigenvalue weighted by Crippen LogP contribution is 2.22. The minimum Gasteiger partial charge on any atom is -0.445 e. The summed E-state index contributed by atoms with van der Waals surface area (Å²) in [5.41, 5.74) is 0.892. The number of benzene rings is 1. The summed E-state index contributed by atoms with van der Waals surface area (Å²) in [6, 6.07) is 12.6. The van der Waals surface area contributed by atoms with Gasteiger partial charge in [-0.15, -0.1) is 5.10 Å². The third-order valence-electron chi connectivity index (χ3n) is 4.72. The lowest BCUT2D eigenvalue weighted by Gasteiger charge is -2.28. The predicted octanol–water partition coefficient (Wildman–Crippen LogP) is 4.28. The predicted molar refractivity (Wildman–Crippen MR) is 115 cm³/mol. The van der Waals surface area contributed by atoms with Gasteiger partial charge in [-0.1, -0.05) is 41.9 Å². The average molecular weight is 447 g/mol. The third-order valence-corrected chi connectivity index (χ3v) is 4.92. The monoisotopic (exact) mass is 446 g/mol.